The van der Waals surface area contributed by atoms with Crippen LogP contribution in [0.15, 0.2) is 66.8 Å². The van der Waals surface area contributed by atoms with Crippen LogP contribution in [0.5, 0.6) is 11.5 Å². The first-order chi connectivity index (χ1) is 24.6. The molecule has 1 aliphatic heterocycles. The number of unbranched alkanes of at least 4 members (excludes halogenated alkanes) is 18. The molecule has 1 heterocycles. The lowest BCUT2D eigenvalue weighted by Crippen LogP contribution is -2.38. The SMILES string of the molecule is CCCCC/C=C\C/C=C\CCCCCCCCC1(CCCCCCCC/C=C\C/C=C\CCCCC)Oc2ccc(CCN(C)C)cc2O1. The summed E-state index contributed by atoms with van der Waals surface area (Å²) < 4.78 is 13.4. The molecular formula is C47H79NO2. The summed E-state index contributed by atoms with van der Waals surface area (Å²) in [6.07, 6.45) is 52.4. The molecule has 0 saturated carbocycles. The maximum Gasteiger partial charge on any atom is 0.251 e. The summed E-state index contributed by atoms with van der Waals surface area (Å²) in [5.41, 5.74) is 1.33. The van der Waals surface area contributed by atoms with E-state index in [2.05, 4.69) is 99.6 Å². The summed E-state index contributed by atoms with van der Waals surface area (Å²) in [4.78, 5) is 2.24. The topological polar surface area (TPSA) is 21.7 Å². The van der Waals surface area contributed by atoms with Crippen molar-refractivity contribution in [1.29, 1.82) is 0 Å². The second kappa shape index (κ2) is 30.4. The molecule has 3 heteroatoms. The molecule has 0 N–H and O–H groups in total. The molecule has 0 unspecified atom stereocenters. The highest BCUT2D eigenvalue weighted by Gasteiger charge is 2.40. The molecule has 1 aromatic rings. The Kier molecular flexibility index (Phi) is 26.7. The molecule has 0 radical (unpaired) electrons. The second-order valence-electron chi connectivity index (χ2n) is 15.1. The molecule has 0 bridgehead atoms. The number of hydrogen-bond donors (Lipinski definition) is 0. The van der Waals surface area contributed by atoms with E-state index >= 15 is 0 Å². The van der Waals surface area contributed by atoms with Gasteiger partial charge >= 0.3 is 0 Å². The number of ether oxygens (including phenoxy) is 2. The van der Waals surface area contributed by atoms with E-state index in [4.69, 9.17) is 9.47 Å². The van der Waals surface area contributed by atoms with Crippen LogP contribution in [-0.2, 0) is 6.42 Å². The van der Waals surface area contributed by atoms with Crippen LogP contribution in [0, 0.1) is 0 Å². The highest BCUT2D eigenvalue weighted by molar-refractivity contribution is 5.46. The molecule has 0 atom stereocenters. The fourth-order valence-electron chi connectivity index (χ4n) is 6.74. The van der Waals surface area contributed by atoms with Gasteiger partial charge in [0.05, 0.1) is 0 Å². The zero-order valence-corrected chi connectivity index (χ0v) is 33.4. The van der Waals surface area contributed by atoms with Gasteiger partial charge in [-0.1, -0.05) is 146 Å². The van der Waals surface area contributed by atoms with Crippen LogP contribution in [0.3, 0.4) is 0 Å². The smallest absolute Gasteiger partial charge is 0.251 e. The third-order valence-corrected chi connectivity index (χ3v) is 9.96. The van der Waals surface area contributed by atoms with E-state index in [-0.39, 0.29) is 0 Å². The van der Waals surface area contributed by atoms with E-state index < -0.39 is 5.79 Å². The van der Waals surface area contributed by atoms with E-state index in [1.165, 1.54) is 147 Å². The van der Waals surface area contributed by atoms with Gasteiger partial charge in [-0.2, -0.15) is 0 Å². The van der Waals surface area contributed by atoms with E-state index in [1.54, 1.807) is 0 Å². The summed E-state index contributed by atoms with van der Waals surface area (Å²) >= 11 is 0. The van der Waals surface area contributed by atoms with Crippen LogP contribution in [0.4, 0.5) is 0 Å². The number of benzene rings is 1. The molecule has 0 aliphatic carbocycles. The van der Waals surface area contributed by atoms with Gasteiger partial charge in [-0.3, -0.25) is 0 Å². The molecule has 50 heavy (non-hydrogen) atoms. The van der Waals surface area contributed by atoms with Crippen molar-refractivity contribution in [3.8, 4) is 11.5 Å². The van der Waals surface area contributed by atoms with Crippen LogP contribution in [0.2, 0.25) is 0 Å². The molecular weight excluding hydrogens is 611 g/mol. The Morgan fingerprint density at radius 3 is 1.38 bits per heavy atom. The van der Waals surface area contributed by atoms with Gasteiger partial charge in [0.15, 0.2) is 11.5 Å². The van der Waals surface area contributed by atoms with Crippen molar-refractivity contribution in [2.24, 2.45) is 0 Å². The number of likely N-dealkylation sites (N-methyl/N-ethyl adjacent to an activating group) is 1. The van der Waals surface area contributed by atoms with Crippen molar-refractivity contribution in [2.75, 3.05) is 20.6 Å². The van der Waals surface area contributed by atoms with Crippen molar-refractivity contribution in [1.82, 2.24) is 4.90 Å². The summed E-state index contributed by atoms with van der Waals surface area (Å²) in [5, 5.41) is 0. The van der Waals surface area contributed by atoms with Crippen molar-refractivity contribution in [2.45, 2.75) is 193 Å². The predicted octanol–water partition coefficient (Wildman–Crippen LogP) is 14.7. The fraction of sp³-hybridized carbons (Fsp3) is 0.702. The molecule has 0 fully saturated rings. The molecule has 2 rings (SSSR count). The number of allylic oxidation sites excluding steroid dienone is 8. The zero-order chi connectivity index (χ0) is 35.8. The molecule has 1 aromatic carbocycles. The van der Waals surface area contributed by atoms with Crippen LogP contribution < -0.4 is 9.47 Å². The Bertz CT molecular complexity index is 1000. The zero-order valence-electron chi connectivity index (χ0n) is 33.4. The first-order valence-corrected chi connectivity index (χ1v) is 21.3. The molecule has 0 spiro atoms. The number of fused-ring (bicyclic) bond motifs is 1. The maximum atomic E-state index is 6.73. The van der Waals surface area contributed by atoms with Gasteiger partial charge in [0.1, 0.15) is 0 Å². The number of nitrogens with zero attached hydrogens (tertiary/aromatic N) is 1. The lowest BCUT2D eigenvalue weighted by atomic mass is 9.98. The van der Waals surface area contributed by atoms with Gasteiger partial charge in [0.25, 0.3) is 5.79 Å². The van der Waals surface area contributed by atoms with Crippen LogP contribution in [-0.4, -0.2) is 31.3 Å². The minimum atomic E-state index is -0.479. The predicted molar refractivity (Wildman–Crippen MR) is 221 cm³/mol. The molecule has 0 saturated heterocycles. The van der Waals surface area contributed by atoms with E-state index in [9.17, 15) is 0 Å². The number of hydrogen-bond acceptors (Lipinski definition) is 3. The third-order valence-electron chi connectivity index (χ3n) is 9.96. The number of rotatable bonds is 33. The average Bonchev–Trinajstić information content (AvgIpc) is 3.48. The first kappa shape index (κ1) is 43.9. The monoisotopic (exact) mass is 690 g/mol. The standard InChI is InChI=1S/C47H79NO2/c1-5-7-9-11-13-15-17-19-21-23-25-27-29-31-33-35-40-47(49-45-38-37-44(39-42-48(3)4)43-46(45)50-47)41-36-34-32-30-28-26-24-22-20-18-16-14-12-10-8-6-2/h13-16,19-22,37-38,43H,5-12,17-18,23-36,39-42H2,1-4H3/b15-13-,16-14-,21-19-,22-20-. The van der Waals surface area contributed by atoms with Gasteiger partial charge in [-0.15, -0.1) is 0 Å². The maximum absolute atomic E-state index is 6.73. The van der Waals surface area contributed by atoms with Crippen LogP contribution in [0.25, 0.3) is 0 Å². The Hall–Kier alpha value is -2.26. The summed E-state index contributed by atoms with van der Waals surface area (Å²) in [5.74, 6) is 1.42. The van der Waals surface area contributed by atoms with Gasteiger partial charge in [0, 0.05) is 19.4 Å². The van der Waals surface area contributed by atoms with Crippen molar-refractivity contribution in [3.63, 3.8) is 0 Å². The highest BCUT2D eigenvalue weighted by Crippen LogP contribution is 2.44. The van der Waals surface area contributed by atoms with E-state index in [0.29, 0.717) is 0 Å². The summed E-state index contributed by atoms with van der Waals surface area (Å²) in [6, 6.07) is 6.61. The van der Waals surface area contributed by atoms with Gasteiger partial charge in [-0.25, -0.2) is 0 Å². The normalized spacial score (nSPS) is 14.2. The molecule has 0 amide bonds. The van der Waals surface area contributed by atoms with Crippen molar-refractivity contribution in [3.05, 3.63) is 72.4 Å². The Balaban J connectivity index is 1.65. The van der Waals surface area contributed by atoms with Crippen LogP contribution in [0.1, 0.15) is 186 Å². The van der Waals surface area contributed by atoms with E-state index in [0.717, 1.165) is 50.1 Å². The minimum Gasteiger partial charge on any atom is -0.448 e. The Morgan fingerprint density at radius 2 is 0.920 bits per heavy atom. The largest absolute Gasteiger partial charge is 0.448 e. The quantitative estimate of drug-likeness (QED) is 0.0541. The van der Waals surface area contributed by atoms with Crippen molar-refractivity contribution < 1.29 is 9.47 Å². The lowest BCUT2D eigenvalue weighted by molar-refractivity contribution is -0.0949. The summed E-state index contributed by atoms with van der Waals surface area (Å²) in [6.45, 7) is 5.58. The van der Waals surface area contributed by atoms with E-state index in [1.807, 2.05) is 0 Å². The Morgan fingerprint density at radius 1 is 0.500 bits per heavy atom. The molecule has 3 nitrogen and oxygen atoms in total. The molecule has 0 aromatic heterocycles. The minimum absolute atomic E-state index is 0.479. The fourth-order valence-corrected chi connectivity index (χ4v) is 6.74. The van der Waals surface area contributed by atoms with Gasteiger partial charge < -0.3 is 14.4 Å². The summed E-state index contributed by atoms with van der Waals surface area (Å²) in [7, 11) is 4.27. The van der Waals surface area contributed by atoms with Crippen LogP contribution >= 0.6 is 0 Å². The highest BCUT2D eigenvalue weighted by atomic mass is 16.7. The average molecular weight is 690 g/mol. The second-order valence-corrected chi connectivity index (χ2v) is 15.1. The molecule has 1 aliphatic rings. The third kappa shape index (κ3) is 22.5. The van der Waals surface area contributed by atoms with Crippen molar-refractivity contribution >= 4 is 0 Å². The lowest BCUT2D eigenvalue weighted by Gasteiger charge is -2.28. The Labute approximate surface area is 311 Å². The first-order valence-electron chi connectivity index (χ1n) is 21.3. The van der Waals surface area contributed by atoms with Gasteiger partial charge in [0.2, 0.25) is 0 Å². The van der Waals surface area contributed by atoms with Gasteiger partial charge in [-0.05, 0) is 115 Å². The molecule has 284 valence electrons.